The maximum atomic E-state index is 12.1. The van der Waals surface area contributed by atoms with Crippen LogP contribution in [0.2, 0.25) is 0 Å². The van der Waals surface area contributed by atoms with Crippen molar-refractivity contribution in [1.29, 1.82) is 0 Å². The number of amides is 2. The molecule has 102 valence electrons. The molecule has 2 N–H and O–H groups in total. The molecule has 1 fully saturated rings. The van der Waals surface area contributed by atoms with Crippen LogP contribution in [0.4, 0.5) is 0 Å². The minimum Gasteiger partial charge on any atom is -0.326 e. The summed E-state index contributed by atoms with van der Waals surface area (Å²) < 4.78 is 0. The molecule has 1 aliphatic heterocycles. The van der Waals surface area contributed by atoms with Crippen LogP contribution in [0, 0.1) is 5.41 Å². The summed E-state index contributed by atoms with van der Waals surface area (Å²) in [6, 6.07) is 7.70. The molecule has 0 radical (unpaired) electrons. The second-order valence-corrected chi connectivity index (χ2v) is 5.92. The largest absolute Gasteiger partial charge is 0.326 e. The smallest absolute Gasteiger partial charge is 0.230 e. The van der Waals surface area contributed by atoms with Crippen LogP contribution >= 0.6 is 0 Å². The Morgan fingerprint density at radius 2 is 1.74 bits per heavy atom. The van der Waals surface area contributed by atoms with Crippen molar-refractivity contribution >= 4 is 11.8 Å². The third-order valence-electron chi connectivity index (χ3n) is 3.43. The van der Waals surface area contributed by atoms with E-state index in [2.05, 4.69) is 0 Å². The number of hydrogen-bond donors (Lipinski definition) is 1. The molecule has 4 heteroatoms. The van der Waals surface area contributed by atoms with Gasteiger partial charge in [-0.1, -0.05) is 38.1 Å². The first-order valence-corrected chi connectivity index (χ1v) is 6.52. The van der Waals surface area contributed by atoms with Crippen molar-refractivity contribution in [2.75, 3.05) is 0 Å². The summed E-state index contributed by atoms with van der Waals surface area (Å²) in [5.41, 5.74) is 7.33. The van der Waals surface area contributed by atoms with Gasteiger partial charge >= 0.3 is 0 Å². The van der Waals surface area contributed by atoms with Crippen LogP contribution in [0.3, 0.4) is 0 Å². The molecule has 1 aromatic carbocycles. The van der Waals surface area contributed by atoms with Crippen molar-refractivity contribution in [1.82, 2.24) is 4.90 Å². The lowest BCUT2D eigenvalue weighted by Crippen LogP contribution is -2.45. The van der Waals surface area contributed by atoms with E-state index in [1.165, 1.54) is 4.90 Å². The Bertz CT molecular complexity index is 489. The van der Waals surface area contributed by atoms with E-state index in [4.69, 9.17) is 5.73 Å². The van der Waals surface area contributed by atoms with E-state index in [-0.39, 0.29) is 17.2 Å². The lowest BCUT2D eigenvalue weighted by atomic mass is 9.81. The van der Waals surface area contributed by atoms with Gasteiger partial charge in [-0.2, -0.15) is 0 Å². The van der Waals surface area contributed by atoms with Crippen molar-refractivity contribution in [2.24, 2.45) is 11.1 Å². The standard InChI is InChI=1S/C15H20N2O2/c1-15(2)7-13(18)17(14(19)8-15)10-12-5-3-4-11(6-12)9-16/h3-6H,7-10,16H2,1-2H3. The van der Waals surface area contributed by atoms with Crippen LogP contribution in [0.1, 0.15) is 37.8 Å². The number of nitrogens with zero attached hydrogens (tertiary/aromatic N) is 1. The fraction of sp³-hybridized carbons (Fsp3) is 0.467. The molecule has 1 aliphatic rings. The predicted molar refractivity (Wildman–Crippen MR) is 72.9 cm³/mol. The number of likely N-dealkylation sites (tertiary alicyclic amines) is 1. The van der Waals surface area contributed by atoms with E-state index >= 15 is 0 Å². The van der Waals surface area contributed by atoms with Gasteiger partial charge in [-0.25, -0.2) is 0 Å². The fourth-order valence-corrected chi connectivity index (χ4v) is 2.43. The summed E-state index contributed by atoms with van der Waals surface area (Å²) in [4.78, 5) is 25.5. The maximum absolute atomic E-state index is 12.1. The van der Waals surface area contributed by atoms with Crippen molar-refractivity contribution in [3.05, 3.63) is 35.4 Å². The Hall–Kier alpha value is -1.68. The number of carbonyl (C=O) groups is 2. The molecular weight excluding hydrogens is 240 g/mol. The molecule has 0 spiro atoms. The van der Waals surface area contributed by atoms with Crippen molar-refractivity contribution in [2.45, 2.75) is 39.8 Å². The Kier molecular flexibility index (Phi) is 3.71. The molecule has 1 saturated heterocycles. The van der Waals surface area contributed by atoms with E-state index in [9.17, 15) is 9.59 Å². The Morgan fingerprint density at radius 3 is 2.32 bits per heavy atom. The van der Waals surface area contributed by atoms with Crippen molar-refractivity contribution in [3.8, 4) is 0 Å². The van der Waals surface area contributed by atoms with E-state index in [0.717, 1.165) is 11.1 Å². The lowest BCUT2D eigenvalue weighted by Gasteiger charge is -2.34. The second kappa shape index (κ2) is 5.13. The zero-order chi connectivity index (χ0) is 14.0. The molecule has 2 amide bonds. The lowest BCUT2D eigenvalue weighted by molar-refractivity contribution is -0.153. The number of carbonyl (C=O) groups excluding carboxylic acids is 2. The van der Waals surface area contributed by atoms with Crippen LogP contribution in [0.15, 0.2) is 24.3 Å². The van der Waals surface area contributed by atoms with Crippen LogP contribution < -0.4 is 5.73 Å². The van der Waals surface area contributed by atoms with E-state index in [1.807, 2.05) is 38.1 Å². The SMILES string of the molecule is CC1(C)CC(=O)N(Cc2cccc(CN)c2)C(=O)C1. The number of piperidine rings is 1. The fourth-order valence-electron chi connectivity index (χ4n) is 2.43. The second-order valence-electron chi connectivity index (χ2n) is 5.92. The molecule has 19 heavy (non-hydrogen) atoms. The van der Waals surface area contributed by atoms with Gasteiger partial charge in [0.05, 0.1) is 6.54 Å². The Labute approximate surface area is 113 Å². The van der Waals surface area contributed by atoms with Crippen LogP contribution in [0.5, 0.6) is 0 Å². The van der Waals surface area contributed by atoms with E-state index in [0.29, 0.717) is 25.9 Å². The van der Waals surface area contributed by atoms with Crippen molar-refractivity contribution in [3.63, 3.8) is 0 Å². The number of rotatable bonds is 3. The van der Waals surface area contributed by atoms with Gasteiger partial charge in [-0.15, -0.1) is 0 Å². The first kappa shape index (κ1) is 13.7. The predicted octanol–water partition coefficient (Wildman–Crippen LogP) is 1.82. The quantitative estimate of drug-likeness (QED) is 0.843. The molecule has 0 unspecified atom stereocenters. The van der Waals surface area contributed by atoms with Gasteiger partial charge in [0.2, 0.25) is 11.8 Å². The maximum Gasteiger partial charge on any atom is 0.230 e. The number of hydrogen-bond acceptors (Lipinski definition) is 3. The van der Waals surface area contributed by atoms with Gasteiger partial charge in [0.1, 0.15) is 0 Å². The van der Waals surface area contributed by atoms with Crippen molar-refractivity contribution < 1.29 is 9.59 Å². The highest BCUT2D eigenvalue weighted by atomic mass is 16.2. The molecule has 0 aliphatic carbocycles. The number of nitrogens with two attached hydrogens (primary N) is 1. The number of benzene rings is 1. The highest BCUT2D eigenvalue weighted by Gasteiger charge is 2.37. The Balaban J connectivity index is 2.14. The third kappa shape index (κ3) is 3.20. The highest BCUT2D eigenvalue weighted by molar-refractivity contribution is 5.98. The molecule has 1 aromatic rings. The van der Waals surface area contributed by atoms with Gasteiger partial charge in [0, 0.05) is 19.4 Å². The summed E-state index contributed by atoms with van der Waals surface area (Å²) >= 11 is 0. The average Bonchev–Trinajstić information content (AvgIpc) is 2.33. The van der Waals surface area contributed by atoms with E-state index in [1.54, 1.807) is 0 Å². The van der Waals surface area contributed by atoms with E-state index < -0.39 is 0 Å². The van der Waals surface area contributed by atoms with Gasteiger partial charge in [-0.05, 0) is 16.5 Å². The zero-order valence-corrected chi connectivity index (χ0v) is 11.5. The third-order valence-corrected chi connectivity index (χ3v) is 3.43. The van der Waals surface area contributed by atoms with Crippen LogP contribution in [-0.2, 0) is 22.7 Å². The molecular formula is C15H20N2O2. The number of imide groups is 1. The normalized spacial score (nSPS) is 18.8. The summed E-state index contributed by atoms with van der Waals surface area (Å²) in [5, 5.41) is 0. The summed E-state index contributed by atoms with van der Waals surface area (Å²) in [7, 11) is 0. The summed E-state index contributed by atoms with van der Waals surface area (Å²) in [5.74, 6) is -0.168. The van der Waals surface area contributed by atoms with Gasteiger partial charge in [-0.3, -0.25) is 14.5 Å². The van der Waals surface area contributed by atoms with Gasteiger partial charge in [0.15, 0.2) is 0 Å². The topological polar surface area (TPSA) is 63.4 Å². The molecule has 0 aromatic heterocycles. The minimum absolute atomic E-state index is 0.0839. The molecule has 0 saturated carbocycles. The Morgan fingerprint density at radius 1 is 1.16 bits per heavy atom. The van der Waals surface area contributed by atoms with Crippen LogP contribution in [0.25, 0.3) is 0 Å². The molecule has 0 bridgehead atoms. The molecule has 1 heterocycles. The minimum atomic E-state index is -0.218. The van der Waals surface area contributed by atoms with Gasteiger partial charge < -0.3 is 5.73 Å². The zero-order valence-electron chi connectivity index (χ0n) is 11.5. The average molecular weight is 260 g/mol. The first-order valence-electron chi connectivity index (χ1n) is 6.52. The van der Waals surface area contributed by atoms with Crippen LogP contribution in [-0.4, -0.2) is 16.7 Å². The molecule has 4 nitrogen and oxygen atoms in total. The first-order chi connectivity index (χ1) is 8.91. The summed E-state index contributed by atoms with van der Waals surface area (Å²) in [6.07, 6.45) is 0.852. The summed E-state index contributed by atoms with van der Waals surface area (Å²) in [6.45, 7) is 4.72. The molecule has 0 atom stereocenters. The highest BCUT2D eigenvalue weighted by Crippen LogP contribution is 2.32. The van der Waals surface area contributed by atoms with Gasteiger partial charge in [0.25, 0.3) is 0 Å². The monoisotopic (exact) mass is 260 g/mol. The molecule has 2 rings (SSSR count).